The van der Waals surface area contributed by atoms with E-state index in [0.717, 1.165) is 22.3 Å². The summed E-state index contributed by atoms with van der Waals surface area (Å²) in [6.45, 7) is 0.0374. The molecule has 3 aromatic carbocycles. The first-order valence-corrected chi connectivity index (χ1v) is 10.5. The molecule has 0 saturated carbocycles. The normalized spacial score (nSPS) is 13.0. The van der Waals surface area contributed by atoms with E-state index in [2.05, 4.69) is 5.32 Å². The molecule has 1 unspecified atom stereocenters. The summed E-state index contributed by atoms with van der Waals surface area (Å²) in [7, 11) is 0. The summed E-state index contributed by atoms with van der Waals surface area (Å²) >= 11 is 0. The number of ketones is 1. The van der Waals surface area contributed by atoms with Crippen molar-refractivity contribution in [2.24, 2.45) is 0 Å². The lowest BCUT2D eigenvalue weighted by atomic mass is 9.98. The van der Waals surface area contributed by atoms with Gasteiger partial charge in [0.25, 0.3) is 0 Å². The number of Topliss-reactive ketones (excluding diaryl/α,β-unsaturated/α-hetero) is 1. The zero-order chi connectivity index (χ0) is 23.4. The lowest BCUT2D eigenvalue weighted by Crippen LogP contribution is -2.43. The van der Waals surface area contributed by atoms with Gasteiger partial charge in [0.1, 0.15) is 24.2 Å². The number of amides is 1. The van der Waals surface area contributed by atoms with Crippen LogP contribution in [0.5, 0.6) is 0 Å². The Kier molecular flexibility index (Phi) is 6.49. The van der Waals surface area contributed by atoms with Gasteiger partial charge in [0.05, 0.1) is 0 Å². The maximum absolute atomic E-state index is 13.0. The molecule has 0 radical (unpaired) electrons. The summed E-state index contributed by atoms with van der Waals surface area (Å²) < 4.78 is 18.4. The maximum Gasteiger partial charge on any atom is 0.407 e. The standard InChI is InChI=1S/C26H22FNO5/c27-17-11-9-16(10-12-17)13-18(29)14-24(25(30)31)28-26(32)33-15-23-21-7-3-1-5-19(21)20-6-2-4-8-22(20)23/h1-12,23-24H,13-15H2,(H,28,32)(H,30,31). The van der Waals surface area contributed by atoms with Crippen LogP contribution in [0.15, 0.2) is 72.8 Å². The molecule has 1 amide bonds. The largest absolute Gasteiger partial charge is 0.480 e. The molecule has 0 bridgehead atoms. The van der Waals surface area contributed by atoms with Crippen molar-refractivity contribution in [1.29, 1.82) is 0 Å². The second kappa shape index (κ2) is 9.65. The zero-order valence-electron chi connectivity index (χ0n) is 17.7. The number of rotatable bonds is 8. The molecular formula is C26H22FNO5. The number of benzene rings is 3. The maximum atomic E-state index is 13.0. The minimum Gasteiger partial charge on any atom is -0.480 e. The Balaban J connectivity index is 1.36. The molecule has 2 N–H and O–H groups in total. The molecule has 0 aromatic heterocycles. The lowest BCUT2D eigenvalue weighted by Gasteiger charge is -2.17. The fourth-order valence-corrected chi connectivity index (χ4v) is 4.11. The Hall–Kier alpha value is -4.00. The third kappa shape index (κ3) is 5.09. The average Bonchev–Trinajstić information content (AvgIpc) is 3.12. The van der Waals surface area contributed by atoms with E-state index in [-0.39, 0.29) is 18.9 Å². The number of ether oxygens (including phenoxy) is 1. The van der Waals surface area contributed by atoms with E-state index in [1.807, 2.05) is 48.5 Å². The van der Waals surface area contributed by atoms with Gasteiger partial charge in [-0.1, -0.05) is 60.7 Å². The number of halogens is 1. The molecule has 1 aliphatic rings. The zero-order valence-corrected chi connectivity index (χ0v) is 17.7. The van der Waals surface area contributed by atoms with Gasteiger partial charge in [0, 0.05) is 18.8 Å². The van der Waals surface area contributed by atoms with Gasteiger partial charge in [-0.2, -0.15) is 0 Å². The average molecular weight is 447 g/mol. The molecule has 33 heavy (non-hydrogen) atoms. The number of carboxylic acids is 1. The summed E-state index contributed by atoms with van der Waals surface area (Å²) in [5.74, 6) is -2.32. The number of carbonyl (C=O) groups excluding carboxylic acids is 2. The number of carbonyl (C=O) groups is 3. The first kappa shape index (κ1) is 22.2. The van der Waals surface area contributed by atoms with Crippen molar-refractivity contribution in [3.05, 3.63) is 95.3 Å². The van der Waals surface area contributed by atoms with E-state index in [0.29, 0.717) is 5.56 Å². The Morgan fingerprint density at radius 2 is 1.48 bits per heavy atom. The third-order valence-corrected chi connectivity index (χ3v) is 5.68. The summed E-state index contributed by atoms with van der Waals surface area (Å²) in [6.07, 6.45) is -1.37. The molecule has 0 heterocycles. The number of fused-ring (bicyclic) bond motifs is 3. The molecule has 0 fully saturated rings. The van der Waals surface area contributed by atoms with Crippen LogP contribution in [0.2, 0.25) is 0 Å². The fraction of sp³-hybridized carbons (Fsp3) is 0.192. The van der Waals surface area contributed by atoms with Crippen LogP contribution in [-0.2, 0) is 20.7 Å². The molecule has 168 valence electrons. The highest BCUT2D eigenvalue weighted by atomic mass is 19.1. The second-order valence-corrected chi connectivity index (χ2v) is 7.91. The molecule has 1 atom stereocenters. The van der Waals surface area contributed by atoms with Crippen molar-refractivity contribution in [2.45, 2.75) is 24.8 Å². The highest BCUT2D eigenvalue weighted by molar-refractivity contribution is 5.89. The lowest BCUT2D eigenvalue weighted by molar-refractivity contribution is -0.141. The quantitative estimate of drug-likeness (QED) is 0.537. The predicted octanol–water partition coefficient (Wildman–Crippen LogP) is 4.32. The molecule has 0 spiro atoms. The smallest absolute Gasteiger partial charge is 0.407 e. The van der Waals surface area contributed by atoms with Crippen LogP contribution >= 0.6 is 0 Å². The summed E-state index contributed by atoms with van der Waals surface area (Å²) in [4.78, 5) is 36.2. The topological polar surface area (TPSA) is 92.7 Å². The number of hydrogen-bond donors (Lipinski definition) is 2. The fourth-order valence-electron chi connectivity index (χ4n) is 4.11. The first-order chi connectivity index (χ1) is 15.9. The van der Waals surface area contributed by atoms with Gasteiger partial charge in [-0.15, -0.1) is 0 Å². The number of alkyl carbamates (subject to hydrolysis) is 1. The summed E-state index contributed by atoms with van der Waals surface area (Å²) in [6, 6.07) is 19.7. The van der Waals surface area contributed by atoms with Crippen molar-refractivity contribution in [1.82, 2.24) is 5.32 Å². The second-order valence-electron chi connectivity index (χ2n) is 7.91. The van der Waals surface area contributed by atoms with E-state index in [4.69, 9.17) is 4.74 Å². The van der Waals surface area contributed by atoms with E-state index in [9.17, 15) is 23.9 Å². The molecule has 3 aromatic rings. The highest BCUT2D eigenvalue weighted by Gasteiger charge is 2.30. The van der Waals surface area contributed by atoms with Crippen molar-refractivity contribution in [3.63, 3.8) is 0 Å². The first-order valence-electron chi connectivity index (χ1n) is 10.5. The van der Waals surface area contributed by atoms with Gasteiger partial charge in [0.2, 0.25) is 0 Å². The van der Waals surface area contributed by atoms with Gasteiger partial charge < -0.3 is 15.2 Å². The molecular weight excluding hydrogens is 425 g/mol. The van der Waals surface area contributed by atoms with Gasteiger partial charge in [-0.05, 0) is 39.9 Å². The molecule has 1 aliphatic carbocycles. The Morgan fingerprint density at radius 1 is 0.909 bits per heavy atom. The van der Waals surface area contributed by atoms with Crippen LogP contribution in [0, 0.1) is 5.82 Å². The van der Waals surface area contributed by atoms with Crippen molar-refractivity contribution in [2.75, 3.05) is 6.61 Å². The molecule has 4 rings (SSSR count). The Morgan fingerprint density at radius 3 is 2.06 bits per heavy atom. The summed E-state index contributed by atoms with van der Waals surface area (Å²) in [5, 5.41) is 11.7. The highest BCUT2D eigenvalue weighted by Crippen LogP contribution is 2.44. The van der Waals surface area contributed by atoms with Crippen molar-refractivity contribution >= 4 is 17.8 Å². The van der Waals surface area contributed by atoms with E-state index in [1.165, 1.54) is 24.3 Å². The van der Waals surface area contributed by atoms with Crippen molar-refractivity contribution in [3.8, 4) is 11.1 Å². The number of carboxylic acid groups (broad SMARTS) is 1. The number of hydrogen-bond acceptors (Lipinski definition) is 4. The molecule has 0 saturated heterocycles. The minimum absolute atomic E-state index is 0.0374. The Bertz CT molecular complexity index is 1150. The van der Waals surface area contributed by atoms with Crippen LogP contribution in [0.3, 0.4) is 0 Å². The van der Waals surface area contributed by atoms with Gasteiger partial charge in [-0.25, -0.2) is 14.0 Å². The van der Waals surface area contributed by atoms with E-state index < -0.39 is 36.1 Å². The monoisotopic (exact) mass is 447 g/mol. The predicted molar refractivity (Wildman–Crippen MR) is 119 cm³/mol. The van der Waals surface area contributed by atoms with Crippen LogP contribution < -0.4 is 5.32 Å². The van der Waals surface area contributed by atoms with Crippen LogP contribution in [0.1, 0.15) is 29.0 Å². The van der Waals surface area contributed by atoms with Crippen LogP contribution in [-0.4, -0.2) is 35.6 Å². The molecule has 7 heteroatoms. The number of aliphatic carboxylic acids is 1. The van der Waals surface area contributed by atoms with Crippen molar-refractivity contribution < 1.29 is 28.6 Å². The van der Waals surface area contributed by atoms with Gasteiger partial charge in [0.15, 0.2) is 0 Å². The molecule has 6 nitrogen and oxygen atoms in total. The van der Waals surface area contributed by atoms with Crippen LogP contribution in [0.25, 0.3) is 11.1 Å². The van der Waals surface area contributed by atoms with Crippen LogP contribution in [0.4, 0.5) is 9.18 Å². The van der Waals surface area contributed by atoms with E-state index in [1.54, 1.807) is 0 Å². The number of nitrogens with one attached hydrogen (secondary N) is 1. The Labute approximate surface area is 190 Å². The minimum atomic E-state index is -1.42. The van der Waals surface area contributed by atoms with E-state index >= 15 is 0 Å². The SMILES string of the molecule is O=C(Cc1ccc(F)cc1)CC(NC(=O)OCC1c2ccccc2-c2ccccc21)C(=O)O. The van der Waals surface area contributed by atoms with Gasteiger partial charge >= 0.3 is 12.1 Å². The third-order valence-electron chi connectivity index (χ3n) is 5.68. The molecule has 0 aliphatic heterocycles. The van der Waals surface area contributed by atoms with Gasteiger partial charge in [-0.3, -0.25) is 4.79 Å². The summed E-state index contributed by atoms with van der Waals surface area (Å²) in [5.41, 5.74) is 4.80.